The predicted octanol–water partition coefficient (Wildman–Crippen LogP) is 6.58. The highest BCUT2D eigenvalue weighted by Crippen LogP contribution is 2.45. The summed E-state index contributed by atoms with van der Waals surface area (Å²) in [6.45, 7) is 4.28. The highest BCUT2D eigenvalue weighted by atomic mass is 19.1. The second-order valence-electron chi connectivity index (χ2n) is 10.1. The lowest BCUT2D eigenvalue weighted by atomic mass is 9.81. The van der Waals surface area contributed by atoms with E-state index in [4.69, 9.17) is 19.2 Å². The van der Waals surface area contributed by atoms with E-state index in [0.717, 1.165) is 11.6 Å². The zero-order valence-corrected chi connectivity index (χ0v) is 22.6. The summed E-state index contributed by atoms with van der Waals surface area (Å²) in [5.74, 6) is -2.31. The monoisotopic (exact) mass is 561 g/mol. The summed E-state index contributed by atoms with van der Waals surface area (Å²) in [6, 6.07) is 12.1. The van der Waals surface area contributed by atoms with Crippen molar-refractivity contribution in [3.8, 4) is 28.6 Å². The van der Waals surface area contributed by atoms with Crippen molar-refractivity contribution < 1.29 is 32.2 Å². The minimum absolute atomic E-state index is 0.0444. The zero-order valence-electron chi connectivity index (χ0n) is 22.6. The number of carbonyl (C=O) groups is 1. The SMILES string of the molecule is CCOC(=O)Cc1cccc2c1OCC2(C)c1cn(C)c(-c2cc(Oc3c(F)cc4[nH]ccc4c3F)ccc2F)n1. The van der Waals surface area contributed by atoms with Crippen molar-refractivity contribution in [2.75, 3.05) is 13.2 Å². The Kier molecular flexibility index (Phi) is 6.48. The van der Waals surface area contributed by atoms with E-state index in [1.807, 2.05) is 25.1 Å². The number of rotatable bonds is 7. The maximum Gasteiger partial charge on any atom is 0.310 e. The van der Waals surface area contributed by atoms with Crippen molar-refractivity contribution in [1.29, 1.82) is 0 Å². The van der Waals surface area contributed by atoms with Gasteiger partial charge in [-0.15, -0.1) is 0 Å². The molecule has 1 aliphatic rings. The number of carbonyl (C=O) groups excluding carboxylic acids is 1. The zero-order chi connectivity index (χ0) is 28.9. The Balaban J connectivity index is 1.34. The van der Waals surface area contributed by atoms with Crippen LogP contribution in [0.15, 0.2) is 60.9 Å². The number of halogens is 3. The summed E-state index contributed by atoms with van der Waals surface area (Å²) >= 11 is 0. The van der Waals surface area contributed by atoms with Crippen molar-refractivity contribution in [1.82, 2.24) is 14.5 Å². The van der Waals surface area contributed by atoms with Crippen molar-refractivity contribution in [2.45, 2.75) is 25.7 Å². The quantitative estimate of drug-likeness (QED) is 0.227. The van der Waals surface area contributed by atoms with Gasteiger partial charge in [-0.25, -0.2) is 18.2 Å². The summed E-state index contributed by atoms with van der Waals surface area (Å²) in [7, 11) is 1.73. The maximum atomic E-state index is 15.1. The van der Waals surface area contributed by atoms with E-state index in [0.29, 0.717) is 28.3 Å². The number of para-hydroxylation sites is 1. The van der Waals surface area contributed by atoms with Crippen LogP contribution < -0.4 is 9.47 Å². The maximum absolute atomic E-state index is 15.1. The first-order valence-electron chi connectivity index (χ1n) is 13.1. The van der Waals surface area contributed by atoms with Gasteiger partial charge in [0.15, 0.2) is 17.4 Å². The number of aryl methyl sites for hydroxylation is 1. The molecule has 5 aromatic rings. The van der Waals surface area contributed by atoms with Crippen LogP contribution in [0.3, 0.4) is 0 Å². The molecule has 10 heteroatoms. The molecule has 0 bridgehead atoms. The van der Waals surface area contributed by atoms with Crippen LogP contribution >= 0.6 is 0 Å². The predicted molar refractivity (Wildman–Crippen MR) is 146 cm³/mol. The third-order valence-electron chi connectivity index (χ3n) is 7.38. The average molecular weight is 562 g/mol. The highest BCUT2D eigenvalue weighted by Gasteiger charge is 2.41. The number of ether oxygens (including phenoxy) is 3. The number of imidazole rings is 1. The van der Waals surface area contributed by atoms with Gasteiger partial charge in [-0.2, -0.15) is 0 Å². The second-order valence-corrected chi connectivity index (χ2v) is 10.1. The van der Waals surface area contributed by atoms with Crippen molar-refractivity contribution in [2.24, 2.45) is 7.05 Å². The molecular formula is C31H26F3N3O4. The Morgan fingerprint density at radius 1 is 1.15 bits per heavy atom. The molecule has 1 unspecified atom stereocenters. The molecule has 2 aromatic heterocycles. The lowest BCUT2D eigenvalue weighted by Crippen LogP contribution is -2.25. The minimum atomic E-state index is -0.891. The Labute approximate surface area is 233 Å². The van der Waals surface area contributed by atoms with E-state index in [-0.39, 0.29) is 42.3 Å². The summed E-state index contributed by atoms with van der Waals surface area (Å²) in [6.07, 6.45) is 3.37. The highest BCUT2D eigenvalue weighted by molar-refractivity contribution is 5.82. The molecule has 0 spiro atoms. The number of hydrogen-bond acceptors (Lipinski definition) is 5. The first-order chi connectivity index (χ1) is 19.7. The van der Waals surface area contributed by atoms with E-state index < -0.39 is 28.6 Å². The second kappa shape index (κ2) is 10.0. The van der Waals surface area contributed by atoms with E-state index >= 15 is 4.39 Å². The standard InChI is InChI=1S/C31H26F3N3O4/c1-4-39-26(38)12-17-6-5-7-21-28(17)40-16-31(21,2)25-15-37(3)30(36-25)20-13-18(8-9-22(20)32)41-29-23(33)14-24-19(27(29)34)10-11-35-24/h5-11,13-15,35H,4,12,16H2,1-3H3. The molecule has 1 atom stereocenters. The molecular weight excluding hydrogens is 535 g/mol. The molecule has 1 N–H and O–H groups in total. The molecule has 0 radical (unpaired) electrons. The fourth-order valence-electron chi connectivity index (χ4n) is 5.25. The molecule has 1 aliphatic heterocycles. The van der Waals surface area contributed by atoms with Crippen molar-refractivity contribution >= 4 is 16.9 Å². The average Bonchev–Trinajstić information content (AvgIpc) is 3.66. The fraction of sp³-hybridized carbons (Fsp3) is 0.226. The minimum Gasteiger partial charge on any atom is -0.492 e. The van der Waals surface area contributed by atoms with E-state index in [1.165, 1.54) is 30.5 Å². The van der Waals surface area contributed by atoms with E-state index in [1.54, 1.807) is 24.7 Å². The number of aromatic nitrogens is 3. The number of H-pyrrole nitrogens is 1. The number of esters is 1. The van der Waals surface area contributed by atoms with Crippen molar-refractivity contribution in [3.63, 3.8) is 0 Å². The van der Waals surface area contributed by atoms with Gasteiger partial charge in [0.05, 0.1) is 35.2 Å². The fourth-order valence-corrected chi connectivity index (χ4v) is 5.25. The number of benzene rings is 3. The van der Waals surface area contributed by atoms with Crippen LogP contribution in [0.2, 0.25) is 0 Å². The molecule has 0 fully saturated rings. The Bertz CT molecular complexity index is 1810. The van der Waals surface area contributed by atoms with Gasteiger partial charge >= 0.3 is 5.97 Å². The Hall–Kier alpha value is -4.73. The molecule has 41 heavy (non-hydrogen) atoms. The van der Waals surface area contributed by atoms with Crippen LogP contribution in [0, 0.1) is 17.5 Å². The molecule has 210 valence electrons. The normalized spacial score (nSPS) is 16.0. The van der Waals surface area contributed by atoms with Gasteiger partial charge in [0.2, 0.25) is 0 Å². The third kappa shape index (κ3) is 4.49. The lowest BCUT2D eigenvalue weighted by Gasteiger charge is -2.20. The molecule has 0 saturated heterocycles. The van der Waals surface area contributed by atoms with Crippen molar-refractivity contribution in [3.05, 3.63) is 95.2 Å². The van der Waals surface area contributed by atoms with Gasteiger partial charge in [0.25, 0.3) is 0 Å². The number of nitrogens with one attached hydrogen (secondary N) is 1. The Morgan fingerprint density at radius 3 is 2.78 bits per heavy atom. The molecule has 3 aromatic carbocycles. The summed E-state index contributed by atoms with van der Waals surface area (Å²) in [4.78, 5) is 19.7. The molecule has 0 amide bonds. The molecule has 6 rings (SSSR count). The molecule has 3 heterocycles. The summed E-state index contributed by atoms with van der Waals surface area (Å²) < 4.78 is 63.2. The van der Waals surface area contributed by atoms with Gasteiger partial charge < -0.3 is 23.8 Å². The molecule has 0 aliphatic carbocycles. The number of fused-ring (bicyclic) bond motifs is 2. The van der Waals surface area contributed by atoms with Crippen LogP contribution in [-0.2, 0) is 28.4 Å². The largest absolute Gasteiger partial charge is 0.492 e. The van der Waals surface area contributed by atoms with E-state index in [2.05, 4.69) is 4.98 Å². The van der Waals surface area contributed by atoms with Gasteiger partial charge in [0.1, 0.15) is 29.7 Å². The number of hydrogen-bond donors (Lipinski definition) is 1. The van der Waals surface area contributed by atoms with Gasteiger partial charge in [-0.1, -0.05) is 18.2 Å². The van der Waals surface area contributed by atoms with Crippen LogP contribution in [-0.4, -0.2) is 33.7 Å². The van der Waals surface area contributed by atoms with Gasteiger partial charge in [0, 0.05) is 42.0 Å². The van der Waals surface area contributed by atoms with Crippen LogP contribution in [0.25, 0.3) is 22.3 Å². The third-order valence-corrected chi connectivity index (χ3v) is 7.38. The van der Waals surface area contributed by atoms with E-state index in [9.17, 15) is 13.6 Å². The van der Waals surface area contributed by atoms with Crippen LogP contribution in [0.1, 0.15) is 30.7 Å². The van der Waals surface area contributed by atoms with Gasteiger partial charge in [-0.3, -0.25) is 4.79 Å². The van der Waals surface area contributed by atoms with Crippen LogP contribution in [0.4, 0.5) is 13.2 Å². The van der Waals surface area contributed by atoms with Crippen LogP contribution in [0.5, 0.6) is 17.2 Å². The first kappa shape index (κ1) is 26.5. The summed E-state index contributed by atoms with van der Waals surface area (Å²) in [5, 5.41) is 0.176. The molecule has 0 saturated carbocycles. The smallest absolute Gasteiger partial charge is 0.310 e. The number of aromatic amines is 1. The topological polar surface area (TPSA) is 78.4 Å². The number of nitrogens with zero attached hydrogens (tertiary/aromatic N) is 2. The lowest BCUT2D eigenvalue weighted by molar-refractivity contribution is -0.142. The Morgan fingerprint density at radius 2 is 1.98 bits per heavy atom. The first-order valence-corrected chi connectivity index (χ1v) is 13.1. The van der Waals surface area contributed by atoms with Gasteiger partial charge in [-0.05, 0) is 38.1 Å². The summed E-state index contributed by atoms with van der Waals surface area (Å²) in [5.41, 5.74) is 1.91. The molecule has 7 nitrogen and oxygen atoms in total.